The van der Waals surface area contributed by atoms with Crippen LogP contribution < -0.4 is 0 Å². The van der Waals surface area contributed by atoms with Gasteiger partial charge in [-0.15, -0.1) is 0 Å². The quantitative estimate of drug-likeness (QED) is 0.564. The number of hydrogen-bond donors (Lipinski definition) is 0. The standard InChI is InChI=1S/C5H3ClF6O2/c6-3(13)14-1-4(8,9)2(7)5(10,11)12/h2H,1H2/t2-/m0/s1. The van der Waals surface area contributed by atoms with Gasteiger partial charge in [-0.05, 0) is 0 Å². The maximum atomic E-state index is 12.2. The van der Waals surface area contributed by atoms with Gasteiger partial charge in [-0.25, -0.2) is 9.18 Å². The van der Waals surface area contributed by atoms with Crippen molar-refractivity contribution in [3.05, 3.63) is 0 Å². The minimum absolute atomic E-state index is 1.74. The zero-order valence-electron chi connectivity index (χ0n) is 6.25. The van der Waals surface area contributed by atoms with Crippen molar-refractivity contribution in [2.24, 2.45) is 0 Å². The number of rotatable bonds is 3. The van der Waals surface area contributed by atoms with E-state index in [0.717, 1.165) is 0 Å². The van der Waals surface area contributed by atoms with Crippen molar-refractivity contribution in [3.8, 4) is 0 Å². The molecule has 84 valence electrons. The van der Waals surface area contributed by atoms with E-state index >= 15 is 0 Å². The van der Waals surface area contributed by atoms with Crippen LogP contribution in [0.25, 0.3) is 0 Å². The molecule has 0 bridgehead atoms. The monoisotopic (exact) mass is 244 g/mol. The average Bonchev–Trinajstić information content (AvgIpc) is 1.98. The summed E-state index contributed by atoms with van der Waals surface area (Å²) in [6.07, 6.45) is -10.1. The van der Waals surface area contributed by atoms with Crippen LogP contribution in [0, 0.1) is 0 Å². The molecule has 0 N–H and O–H groups in total. The van der Waals surface area contributed by atoms with Gasteiger partial charge < -0.3 is 4.74 Å². The van der Waals surface area contributed by atoms with Crippen molar-refractivity contribution in [2.75, 3.05) is 6.61 Å². The zero-order valence-corrected chi connectivity index (χ0v) is 7.00. The molecule has 0 aliphatic rings. The molecular formula is C5H3ClF6O2. The maximum Gasteiger partial charge on any atom is 0.425 e. The second-order valence-electron chi connectivity index (χ2n) is 2.19. The Kier molecular flexibility index (Phi) is 4.04. The molecule has 14 heavy (non-hydrogen) atoms. The van der Waals surface area contributed by atoms with Gasteiger partial charge in [0.25, 0.3) is 6.17 Å². The number of alkyl halides is 6. The predicted molar refractivity (Wildman–Crippen MR) is 33.1 cm³/mol. The highest BCUT2D eigenvalue weighted by Crippen LogP contribution is 2.35. The molecule has 0 saturated heterocycles. The fraction of sp³-hybridized carbons (Fsp3) is 0.800. The Morgan fingerprint density at radius 1 is 1.29 bits per heavy atom. The van der Waals surface area contributed by atoms with E-state index in [2.05, 4.69) is 16.3 Å². The molecule has 0 aromatic rings. The second-order valence-corrected chi connectivity index (χ2v) is 2.50. The van der Waals surface area contributed by atoms with E-state index in [1.165, 1.54) is 0 Å². The van der Waals surface area contributed by atoms with E-state index in [9.17, 15) is 31.1 Å². The lowest BCUT2D eigenvalue weighted by Crippen LogP contribution is -2.44. The first-order chi connectivity index (χ1) is 6.07. The summed E-state index contributed by atoms with van der Waals surface area (Å²) >= 11 is 4.40. The first-order valence-corrected chi connectivity index (χ1v) is 3.36. The molecule has 0 aliphatic heterocycles. The number of hydrogen-bond acceptors (Lipinski definition) is 2. The number of carbonyl (C=O) groups excluding carboxylic acids is 1. The van der Waals surface area contributed by atoms with Crippen LogP contribution in [0.4, 0.5) is 31.1 Å². The topological polar surface area (TPSA) is 26.3 Å². The molecule has 0 heterocycles. The third-order valence-corrected chi connectivity index (χ3v) is 1.15. The van der Waals surface area contributed by atoms with Crippen molar-refractivity contribution in [1.29, 1.82) is 0 Å². The Morgan fingerprint density at radius 2 is 1.71 bits per heavy atom. The van der Waals surface area contributed by atoms with Crippen molar-refractivity contribution in [3.63, 3.8) is 0 Å². The highest BCUT2D eigenvalue weighted by atomic mass is 35.5. The third kappa shape index (κ3) is 4.03. The summed E-state index contributed by atoms with van der Waals surface area (Å²) in [5.41, 5.74) is -1.74. The van der Waals surface area contributed by atoms with Crippen LogP contribution in [0.2, 0.25) is 0 Å². The van der Waals surface area contributed by atoms with Gasteiger partial charge in [0, 0.05) is 11.6 Å². The Balaban J connectivity index is 4.38. The first kappa shape index (κ1) is 13.3. The SMILES string of the molecule is O=C(Cl)OCC(F)(F)[C@H](F)C(F)(F)F. The van der Waals surface area contributed by atoms with Gasteiger partial charge >= 0.3 is 17.5 Å². The molecule has 0 aromatic carbocycles. The lowest BCUT2D eigenvalue weighted by molar-refractivity contribution is -0.251. The minimum Gasteiger partial charge on any atom is -0.447 e. The number of carbonyl (C=O) groups is 1. The number of ether oxygens (including phenoxy) is 1. The first-order valence-electron chi connectivity index (χ1n) is 2.98. The molecule has 2 nitrogen and oxygen atoms in total. The summed E-state index contributed by atoms with van der Waals surface area (Å²) in [7, 11) is 0. The minimum atomic E-state index is -5.72. The van der Waals surface area contributed by atoms with Crippen LogP contribution >= 0.6 is 11.6 Å². The van der Waals surface area contributed by atoms with Gasteiger partial charge in [-0.3, -0.25) is 0 Å². The van der Waals surface area contributed by atoms with Crippen LogP contribution in [0.15, 0.2) is 0 Å². The predicted octanol–water partition coefficient (Wildman–Crippen LogP) is 2.90. The van der Waals surface area contributed by atoms with E-state index in [1.54, 1.807) is 0 Å². The molecule has 9 heteroatoms. The number of halogens is 7. The Labute approximate surface area is 78.8 Å². The van der Waals surface area contributed by atoms with E-state index < -0.39 is 30.3 Å². The van der Waals surface area contributed by atoms with Gasteiger partial charge in [0.15, 0.2) is 6.61 Å². The third-order valence-electron chi connectivity index (χ3n) is 1.04. The highest BCUT2D eigenvalue weighted by Gasteiger charge is 2.57. The fourth-order valence-corrected chi connectivity index (χ4v) is 0.520. The van der Waals surface area contributed by atoms with Crippen LogP contribution in [0.3, 0.4) is 0 Å². The van der Waals surface area contributed by atoms with Gasteiger partial charge in [0.05, 0.1) is 0 Å². The van der Waals surface area contributed by atoms with E-state index in [1.807, 2.05) is 0 Å². The molecular weight excluding hydrogens is 241 g/mol. The van der Waals surface area contributed by atoms with E-state index in [4.69, 9.17) is 0 Å². The summed E-state index contributed by atoms with van der Waals surface area (Å²) in [5, 5.41) is 0. The van der Waals surface area contributed by atoms with E-state index in [-0.39, 0.29) is 0 Å². The van der Waals surface area contributed by atoms with Crippen LogP contribution in [0.5, 0.6) is 0 Å². The second kappa shape index (κ2) is 4.24. The normalized spacial score (nSPS) is 15.1. The zero-order chi connectivity index (χ0) is 11.6. The van der Waals surface area contributed by atoms with Crippen molar-refractivity contribution in [1.82, 2.24) is 0 Å². The fourth-order valence-electron chi connectivity index (χ4n) is 0.466. The highest BCUT2D eigenvalue weighted by molar-refractivity contribution is 6.61. The summed E-state index contributed by atoms with van der Waals surface area (Å²) < 4.78 is 74.2. The maximum absolute atomic E-state index is 12.2. The van der Waals surface area contributed by atoms with Crippen LogP contribution in [-0.2, 0) is 4.74 Å². The Hall–Kier alpha value is -0.660. The summed E-state index contributed by atoms with van der Waals surface area (Å²) in [5.74, 6) is -4.84. The van der Waals surface area contributed by atoms with Gasteiger partial charge in [-0.2, -0.15) is 22.0 Å². The van der Waals surface area contributed by atoms with Crippen molar-refractivity contribution < 1.29 is 35.9 Å². The van der Waals surface area contributed by atoms with E-state index in [0.29, 0.717) is 0 Å². The van der Waals surface area contributed by atoms with Crippen molar-refractivity contribution >= 4 is 17.0 Å². The Bertz CT molecular complexity index is 215. The van der Waals surface area contributed by atoms with Crippen LogP contribution in [0.1, 0.15) is 0 Å². The molecule has 0 amide bonds. The molecule has 0 rings (SSSR count). The molecule has 1 atom stereocenters. The Morgan fingerprint density at radius 3 is 2.00 bits per heavy atom. The molecule has 0 aliphatic carbocycles. The van der Waals surface area contributed by atoms with Gasteiger partial charge in [0.2, 0.25) is 0 Å². The molecule has 0 unspecified atom stereocenters. The van der Waals surface area contributed by atoms with Gasteiger partial charge in [-0.1, -0.05) is 0 Å². The van der Waals surface area contributed by atoms with Gasteiger partial charge in [0.1, 0.15) is 0 Å². The largest absolute Gasteiger partial charge is 0.447 e. The summed E-state index contributed by atoms with van der Waals surface area (Å²) in [6.45, 7) is -2.06. The smallest absolute Gasteiger partial charge is 0.425 e. The summed E-state index contributed by atoms with van der Waals surface area (Å²) in [4.78, 5) is 9.77. The molecule has 0 fully saturated rings. The lowest BCUT2D eigenvalue weighted by Gasteiger charge is -2.21. The molecule has 0 spiro atoms. The lowest BCUT2D eigenvalue weighted by atomic mass is 10.2. The molecule has 0 saturated carbocycles. The molecule has 0 radical (unpaired) electrons. The van der Waals surface area contributed by atoms with Crippen LogP contribution in [-0.4, -0.2) is 30.3 Å². The summed E-state index contributed by atoms with van der Waals surface area (Å²) in [6, 6.07) is 0. The van der Waals surface area contributed by atoms with Crippen molar-refractivity contribution in [2.45, 2.75) is 18.3 Å². The average molecular weight is 245 g/mol. The molecule has 0 aromatic heterocycles.